The van der Waals surface area contributed by atoms with Crippen molar-refractivity contribution in [1.82, 2.24) is 0 Å². The average molecular weight is 1300 g/mol. The average Bonchev–Trinajstić information content (AvgIpc) is 1.47. The molecule has 9 saturated carbocycles. The Labute approximate surface area is 549 Å². The lowest BCUT2D eigenvalue weighted by atomic mass is 9.52. The van der Waals surface area contributed by atoms with Crippen LogP contribution in [-0.4, -0.2) is 120 Å². The van der Waals surface area contributed by atoms with Gasteiger partial charge in [0.05, 0.1) is 58.0 Å². The molecule has 0 aromatic rings. The quantitative estimate of drug-likeness (QED) is 0.0988. The van der Waals surface area contributed by atoms with Gasteiger partial charge in [0.2, 0.25) is 0 Å². The van der Waals surface area contributed by atoms with Crippen LogP contribution in [0.5, 0.6) is 0 Å². The zero-order chi connectivity index (χ0) is 68.8. The molecule has 11 rings (SSSR count). The predicted molar refractivity (Wildman–Crippen MR) is 342 cm³/mol. The zero-order valence-electron chi connectivity index (χ0n) is 59.6. The number of esters is 9. The molecule has 0 radical (unpaired) electrons. The minimum atomic E-state index is -0.717. The van der Waals surface area contributed by atoms with Crippen LogP contribution < -0.4 is 0 Å². The molecule has 19 nitrogen and oxygen atoms in total. The van der Waals surface area contributed by atoms with Crippen molar-refractivity contribution in [2.75, 3.05) is 20.3 Å². The van der Waals surface area contributed by atoms with Gasteiger partial charge in [0, 0.05) is 23.7 Å². The van der Waals surface area contributed by atoms with Crippen LogP contribution in [0.4, 0.5) is 0 Å². The van der Waals surface area contributed by atoms with Crippen molar-refractivity contribution in [2.45, 2.75) is 319 Å². The van der Waals surface area contributed by atoms with Gasteiger partial charge in [-0.3, -0.25) is 38.4 Å². The van der Waals surface area contributed by atoms with Crippen molar-refractivity contribution in [3.63, 3.8) is 0 Å². The summed E-state index contributed by atoms with van der Waals surface area (Å²) in [5.74, 6) is -3.31. The fourth-order valence-corrected chi connectivity index (χ4v) is 15.7. The van der Waals surface area contributed by atoms with Gasteiger partial charge in [-0.1, -0.05) is 53.9 Å². The fraction of sp³-hybridized carbons (Fsp3) is 0.877. The largest absolute Gasteiger partial charge is 0.469 e. The Morgan fingerprint density at radius 3 is 1.51 bits per heavy atom. The molecule has 10 unspecified atom stereocenters. The van der Waals surface area contributed by atoms with Gasteiger partial charge < -0.3 is 47.7 Å². The second-order valence-corrected chi connectivity index (χ2v) is 32.8. The summed E-state index contributed by atoms with van der Waals surface area (Å²) in [5.41, 5.74) is -3.27. The number of rotatable bonds is 18. The Morgan fingerprint density at radius 1 is 0.565 bits per heavy atom. The minimum Gasteiger partial charge on any atom is -0.469 e. The molecule has 2 aliphatic heterocycles. The number of fused-ring (bicyclic) bond motifs is 1. The molecule has 0 aromatic carbocycles. The molecule has 92 heavy (non-hydrogen) atoms. The van der Waals surface area contributed by atoms with Crippen molar-refractivity contribution in [3.05, 3.63) is 0 Å². The van der Waals surface area contributed by atoms with Crippen LogP contribution in [0.15, 0.2) is 0 Å². The molecule has 0 aromatic heterocycles. The highest BCUT2D eigenvalue weighted by Crippen LogP contribution is 2.61. The molecule has 9 aliphatic carbocycles. The van der Waals surface area contributed by atoms with Crippen molar-refractivity contribution in [3.8, 4) is 0 Å². The molecule has 1 spiro atoms. The summed E-state index contributed by atoms with van der Waals surface area (Å²) in [6.45, 7) is 32.8. The molecular formula is C73H118O19. The second-order valence-electron chi connectivity index (χ2n) is 32.8. The number of hydrogen-bond donors (Lipinski definition) is 1. The molecule has 11 aliphatic rings. The lowest BCUT2D eigenvalue weighted by Gasteiger charge is -2.59. The Bertz CT molecular complexity index is 2620. The topological polar surface area (TPSA) is 257 Å². The van der Waals surface area contributed by atoms with Gasteiger partial charge in [-0.05, 0) is 223 Å². The standard InChI is InChI=1S/C18H24O8.C17H30O2.C16H26O3.C12H22O2.C10H16O4/c1-5-18(2,3)17(22)24-7-10(19)25-13-8-6-9-12(11(8)15(20)23-4)16(21)26-14(9)13;1-5-15(2,3)14(18)19-16(4)10-6-7-11-17(16)12-8-9-13-17;1-4-14(2,3)13(17)19-16-8-11-5-12(9-16)7-15(18,6-11)10-16;1-5-11(2,3)10(13)14-12(4)8-6-7-9-12;1-4-10(2,3)9(12)14-7-5-8(11)13-6-7/h8-9,11-14H,5-7H2,1-4H3;5-13H2,1-4H3;11-12,18H,4-10H2,1-3H3;5-9H2,1-4H3;7H,4-6H2,1-3H3. The van der Waals surface area contributed by atoms with Gasteiger partial charge in [-0.2, -0.15) is 0 Å². The number of methoxy groups -OCH3 is 1. The first-order chi connectivity index (χ1) is 42.7. The van der Waals surface area contributed by atoms with Crippen LogP contribution in [-0.2, 0) is 85.8 Å². The van der Waals surface area contributed by atoms with E-state index in [-0.39, 0.29) is 93.9 Å². The summed E-state index contributed by atoms with van der Waals surface area (Å²) in [6.07, 6.45) is 22.9. The van der Waals surface area contributed by atoms with Gasteiger partial charge in [-0.25, -0.2) is 4.79 Å². The van der Waals surface area contributed by atoms with Crippen LogP contribution in [0.25, 0.3) is 0 Å². The molecule has 6 bridgehead atoms. The van der Waals surface area contributed by atoms with Crippen LogP contribution in [0, 0.1) is 68.0 Å². The zero-order valence-corrected chi connectivity index (χ0v) is 59.6. The molecule has 1 N–H and O–H groups in total. The van der Waals surface area contributed by atoms with E-state index in [4.69, 9.17) is 42.6 Å². The van der Waals surface area contributed by atoms with E-state index in [1.807, 2.05) is 83.1 Å². The lowest BCUT2D eigenvalue weighted by Crippen LogP contribution is -2.61. The van der Waals surface area contributed by atoms with Crippen molar-refractivity contribution < 1.29 is 90.9 Å². The van der Waals surface area contributed by atoms with E-state index >= 15 is 0 Å². The van der Waals surface area contributed by atoms with E-state index in [0.717, 1.165) is 64.2 Å². The first-order valence-corrected chi connectivity index (χ1v) is 35.1. The van der Waals surface area contributed by atoms with Gasteiger partial charge in [0.25, 0.3) is 0 Å². The number of cyclic esters (lactones) is 1. The van der Waals surface area contributed by atoms with Crippen LogP contribution in [0.2, 0.25) is 0 Å². The molecule has 0 amide bonds. The number of hydrogen-bond acceptors (Lipinski definition) is 19. The maximum absolute atomic E-state index is 12.5. The highest BCUT2D eigenvalue weighted by Gasteiger charge is 2.70. The van der Waals surface area contributed by atoms with Gasteiger partial charge >= 0.3 is 53.7 Å². The molecule has 19 heteroatoms. The van der Waals surface area contributed by atoms with Gasteiger partial charge in [0.15, 0.2) is 6.61 Å². The number of ether oxygens (including phenoxy) is 9. The summed E-state index contributed by atoms with van der Waals surface area (Å²) in [4.78, 5) is 107. The van der Waals surface area contributed by atoms with E-state index in [1.54, 1.807) is 13.8 Å². The maximum Gasteiger partial charge on any atom is 0.344 e. The van der Waals surface area contributed by atoms with E-state index in [2.05, 4.69) is 20.8 Å². The normalized spacial score (nSPS) is 31.7. The van der Waals surface area contributed by atoms with E-state index in [1.165, 1.54) is 71.3 Å². The Hall–Kier alpha value is -4.81. The third-order valence-corrected chi connectivity index (χ3v) is 23.7. The number of carbonyl (C=O) groups excluding carboxylic acids is 9. The summed E-state index contributed by atoms with van der Waals surface area (Å²) < 4.78 is 48.2. The number of aliphatic hydroxyl groups is 1. The Balaban J connectivity index is 0.000000186. The maximum atomic E-state index is 12.5. The molecule has 2 heterocycles. The molecule has 2 saturated heterocycles. The van der Waals surface area contributed by atoms with E-state index in [9.17, 15) is 48.3 Å². The summed E-state index contributed by atoms with van der Waals surface area (Å²) in [6, 6.07) is 0. The molecule has 524 valence electrons. The molecule has 10 atom stereocenters. The highest BCUT2D eigenvalue weighted by molar-refractivity contribution is 5.86. The van der Waals surface area contributed by atoms with E-state index in [0.29, 0.717) is 37.5 Å². The smallest absolute Gasteiger partial charge is 0.344 e. The lowest BCUT2D eigenvalue weighted by molar-refractivity contribution is -0.225. The first kappa shape index (κ1) is 76.2. The van der Waals surface area contributed by atoms with Crippen molar-refractivity contribution in [1.29, 1.82) is 0 Å². The third kappa shape index (κ3) is 17.6. The second kappa shape index (κ2) is 29.7. The van der Waals surface area contributed by atoms with E-state index < -0.39 is 76.4 Å². The fourth-order valence-electron chi connectivity index (χ4n) is 15.7. The summed E-state index contributed by atoms with van der Waals surface area (Å²) >= 11 is 0. The van der Waals surface area contributed by atoms with Crippen molar-refractivity contribution in [2.24, 2.45) is 68.0 Å². The Kier molecular flexibility index (Phi) is 24.6. The number of carbonyl (C=O) groups is 9. The van der Waals surface area contributed by atoms with Gasteiger partial charge in [0.1, 0.15) is 41.7 Å². The predicted octanol–water partition coefficient (Wildman–Crippen LogP) is 13.3. The molecule has 11 fully saturated rings. The van der Waals surface area contributed by atoms with Crippen LogP contribution >= 0.6 is 0 Å². The monoisotopic (exact) mass is 1300 g/mol. The minimum absolute atomic E-state index is 0.00525. The highest BCUT2D eigenvalue weighted by atomic mass is 16.6. The Morgan fingerprint density at radius 2 is 1.03 bits per heavy atom. The summed E-state index contributed by atoms with van der Waals surface area (Å²) in [7, 11) is 1.27. The van der Waals surface area contributed by atoms with Gasteiger partial charge in [-0.15, -0.1) is 0 Å². The van der Waals surface area contributed by atoms with Crippen LogP contribution in [0.1, 0.15) is 278 Å². The van der Waals surface area contributed by atoms with Crippen molar-refractivity contribution >= 4 is 53.7 Å². The third-order valence-electron chi connectivity index (χ3n) is 23.7. The first-order valence-electron chi connectivity index (χ1n) is 35.1. The SMILES string of the molecule is CCC(C)(C)C(=O)OC1(C)CCCC1.CCC(C)(C)C(=O)OC1(C)CCCCC12CCCC2.CCC(C)(C)C(=O)OC12CC3CC(CC(O)(C3)C1)C2.CCC(C)(C)C(=O)OC1COC(=O)C1.CCC(C)(C)C(=O)OCC(=O)OC1C2CC3C1OC(=O)C3C2C(=O)OC. The summed E-state index contributed by atoms with van der Waals surface area (Å²) in [5, 5.41) is 10.6. The van der Waals surface area contributed by atoms with Crippen LogP contribution in [0.3, 0.4) is 0 Å². The molecular weight excluding hydrogens is 1180 g/mol.